The summed E-state index contributed by atoms with van der Waals surface area (Å²) < 4.78 is 28.2. The number of hydrogen-bond acceptors (Lipinski definition) is 8. The van der Waals surface area contributed by atoms with Crippen LogP contribution in [0.5, 0.6) is 11.5 Å². The summed E-state index contributed by atoms with van der Waals surface area (Å²) in [6.45, 7) is 10.5. The summed E-state index contributed by atoms with van der Waals surface area (Å²) >= 11 is 0. The number of nitrogens with zero attached hydrogens (tertiary/aromatic N) is 1. The van der Waals surface area contributed by atoms with E-state index in [1.165, 1.54) is 22.9 Å². The number of ether oxygens (including phenoxy) is 3. The van der Waals surface area contributed by atoms with Crippen molar-refractivity contribution in [3.63, 3.8) is 0 Å². The van der Waals surface area contributed by atoms with Crippen molar-refractivity contribution in [2.45, 2.75) is 34.3 Å². The van der Waals surface area contributed by atoms with Gasteiger partial charge in [0.25, 0.3) is 11.9 Å². The lowest BCUT2D eigenvalue weighted by atomic mass is 9.79. The van der Waals surface area contributed by atoms with Crippen LogP contribution in [0.15, 0.2) is 78.9 Å². The lowest BCUT2D eigenvalue weighted by Crippen LogP contribution is -2.37. The van der Waals surface area contributed by atoms with Gasteiger partial charge in [-0.05, 0) is 85.3 Å². The zero-order valence-corrected chi connectivity index (χ0v) is 23.6. The molecule has 0 aliphatic carbocycles. The fraction of sp³-hybridized carbons (Fsp3) is 0.290. The molecule has 0 atom stereocenters. The molecular formula is C31H36BNO7. The molecule has 0 radical (unpaired) electrons. The first-order valence-corrected chi connectivity index (χ1v) is 13.3. The highest BCUT2D eigenvalue weighted by Gasteiger charge is 2.29. The molecule has 0 unspecified atom stereocenters. The second kappa shape index (κ2) is 13.2. The normalized spacial score (nSPS) is 16.0. The highest BCUT2D eigenvalue weighted by molar-refractivity contribution is 6.61. The Balaban J connectivity index is 1.45. The summed E-state index contributed by atoms with van der Waals surface area (Å²) in [6.07, 6.45) is 2.66. The molecule has 1 aliphatic rings. The minimum absolute atomic E-state index is 0.332. The van der Waals surface area contributed by atoms with Crippen molar-refractivity contribution in [3.05, 3.63) is 101 Å². The van der Waals surface area contributed by atoms with Crippen LogP contribution in [-0.2, 0) is 20.7 Å². The smallest absolute Gasteiger partial charge is 0.494 e. The minimum atomic E-state index is -1.01. The Morgan fingerprint density at radius 3 is 2.10 bits per heavy atom. The maximum Gasteiger partial charge on any atom is 0.636 e. The topological polar surface area (TPSA) is 89.9 Å². The number of aliphatic hydroxyl groups is 2. The van der Waals surface area contributed by atoms with Crippen LogP contribution in [0, 0.1) is 20.8 Å². The molecule has 40 heavy (non-hydrogen) atoms. The van der Waals surface area contributed by atoms with E-state index in [0.29, 0.717) is 37.6 Å². The van der Waals surface area contributed by atoms with E-state index < -0.39 is 7.12 Å². The van der Waals surface area contributed by atoms with Crippen LogP contribution in [0.25, 0.3) is 11.1 Å². The predicted molar refractivity (Wildman–Crippen MR) is 156 cm³/mol. The Morgan fingerprint density at radius 2 is 1.48 bits per heavy atom. The van der Waals surface area contributed by atoms with E-state index in [4.69, 9.17) is 23.5 Å². The van der Waals surface area contributed by atoms with Gasteiger partial charge in [0.1, 0.15) is 24.7 Å². The third-order valence-corrected chi connectivity index (χ3v) is 6.55. The fourth-order valence-electron chi connectivity index (χ4n) is 4.61. The molecule has 210 valence electrons. The third kappa shape index (κ3) is 7.24. The summed E-state index contributed by atoms with van der Waals surface area (Å²) in [5, 5.41) is 19.9. The molecule has 2 N–H and O–H groups in total. The molecule has 0 amide bonds. The molecule has 9 heteroatoms. The summed E-state index contributed by atoms with van der Waals surface area (Å²) in [4.78, 5) is 1.42. The molecule has 0 bridgehead atoms. The standard InChI is InChI=1S/C31H36BNO7/c1-6-36-14-15-37-27-16-21(2)31(22(3)17-27)28-9-7-8-24(23(28)4)20-38-26-12-10-25(11-13-26)32-39-29(34)18-33(5)19-30(35)40-32/h7-13,16-19,34-35H,6,14-15,20H2,1-5H3/b29-18-,30-19-. The van der Waals surface area contributed by atoms with Gasteiger partial charge in [-0.2, -0.15) is 0 Å². The van der Waals surface area contributed by atoms with Crippen molar-refractivity contribution in [3.8, 4) is 22.6 Å². The summed E-state index contributed by atoms with van der Waals surface area (Å²) in [5.74, 6) is 0.848. The second-order valence-corrected chi connectivity index (χ2v) is 9.59. The van der Waals surface area contributed by atoms with Crippen LogP contribution >= 0.6 is 0 Å². The molecular weight excluding hydrogens is 509 g/mol. The van der Waals surface area contributed by atoms with Crippen molar-refractivity contribution in [2.24, 2.45) is 0 Å². The monoisotopic (exact) mass is 545 g/mol. The molecule has 0 spiro atoms. The lowest BCUT2D eigenvalue weighted by molar-refractivity contribution is 0.110. The van der Waals surface area contributed by atoms with Gasteiger partial charge in [-0.15, -0.1) is 0 Å². The number of benzene rings is 3. The fourth-order valence-corrected chi connectivity index (χ4v) is 4.61. The highest BCUT2D eigenvalue weighted by Crippen LogP contribution is 2.34. The van der Waals surface area contributed by atoms with E-state index in [2.05, 4.69) is 51.1 Å². The molecule has 4 rings (SSSR count). The quantitative estimate of drug-likeness (QED) is 0.249. The lowest BCUT2D eigenvalue weighted by Gasteiger charge is -2.20. The van der Waals surface area contributed by atoms with Gasteiger partial charge in [-0.25, -0.2) is 0 Å². The van der Waals surface area contributed by atoms with Crippen LogP contribution in [0.4, 0.5) is 0 Å². The third-order valence-electron chi connectivity index (χ3n) is 6.55. The molecule has 0 saturated carbocycles. The first-order valence-electron chi connectivity index (χ1n) is 13.3. The Kier molecular flexibility index (Phi) is 9.50. The van der Waals surface area contributed by atoms with E-state index in [0.717, 1.165) is 33.6 Å². The molecule has 0 saturated heterocycles. The van der Waals surface area contributed by atoms with Gasteiger partial charge >= 0.3 is 7.12 Å². The van der Waals surface area contributed by atoms with E-state index in [9.17, 15) is 10.2 Å². The number of aryl methyl sites for hydroxylation is 2. The Morgan fingerprint density at radius 1 is 0.825 bits per heavy atom. The van der Waals surface area contributed by atoms with E-state index in [1.807, 2.05) is 6.92 Å². The first kappa shape index (κ1) is 28.8. The molecule has 3 aromatic carbocycles. The van der Waals surface area contributed by atoms with Crippen LogP contribution in [0.2, 0.25) is 0 Å². The number of hydrogen-bond donors (Lipinski definition) is 2. The van der Waals surface area contributed by atoms with Gasteiger partial charge in [0, 0.05) is 19.1 Å². The van der Waals surface area contributed by atoms with Gasteiger partial charge in [-0.3, -0.25) is 0 Å². The molecule has 0 fully saturated rings. The Labute approximate surface area is 236 Å². The largest absolute Gasteiger partial charge is 0.636 e. The maximum atomic E-state index is 9.97. The van der Waals surface area contributed by atoms with Gasteiger partial charge in [0.05, 0.1) is 19.0 Å². The predicted octanol–water partition coefficient (Wildman–Crippen LogP) is 5.66. The molecule has 1 aliphatic heterocycles. The van der Waals surface area contributed by atoms with Gasteiger partial charge in [0.15, 0.2) is 0 Å². The van der Waals surface area contributed by atoms with Crippen molar-refractivity contribution in [2.75, 3.05) is 26.9 Å². The average Bonchev–Trinajstić information content (AvgIpc) is 2.90. The van der Waals surface area contributed by atoms with Crippen molar-refractivity contribution >= 4 is 12.6 Å². The zero-order valence-electron chi connectivity index (χ0n) is 23.6. The van der Waals surface area contributed by atoms with Gasteiger partial charge in [0.2, 0.25) is 0 Å². The number of aliphatic hydroxyl groups excluding tert-OH is 2. The Hall–Kier alpha value is -4.24. The van der Waals surface area contributed by atoms with Gasteiger partial charge in [-0.1, -0.05) is 30.3 Å². The van der Waals surface area contributed by atoms with Crippen LogP contribution in [-0.4, -0.2) is 49.1 Å². The minimum Gasteiger partial charge on any atom is -0.494 e. The average molecular weight is 545 g/mol. The maximum absolute atomic E-state index is 9.97. The molecule has 3 aromatic rings. The van der Waals surface area contributed by atoms with E-state index in [-0.39, 0.29) is 11.9 Å². The summed E-state index contributed by atoms with van der Waals surface area (Å²) in [7, 11) is 0.616. The van der Waals surface area contributed by atoms with Crippen molar-refractivity contribution < 1.29 is 33.7 Å². The van der Waals surface area contributed by atoms with Crippen molar-refractivity contribution in [1.82, 2.24) is 4.90 Å². The zero-order chi connectivity index (χ0) is 28.6. The van der Waals surface area contributed by atoms with Crippen LogP contribution in [0.3, 0.4) is 0 Å². The van der Waals surface area contributed by atoms with E-state index >= 15 is 0 Å². The van der Waals surface area contributed by atoms with Crippen molar-refractivity contribution in [1.29, 1.82) is 0 Å². The number of rotatable bonds is 10. The first-order chi connectivity index (χ1) is 19.2. The van der Waals surface area contributed by atoms with Gasteiger partial charge < -0.3 is 38.6 Å². The highest BCUT2D eigenvalue weighted by atomic mass is 16.7. The summed E-state index contributed by atoms with van der Waals surface area (Å²) in [5.41, 5.74) is 7.49. The molecule has 0 aromatic heterocycles. The van der Waals surface area contributed by atoms with Crippen LogP contribution in [0.1, 0.15) is 29.2 Å². The summed E-state index contributed by atoms with van der Waals surface area (Å²) in [6, 6.07) is 17.5. The molecule has 8 nitrogen and oxygen atoms in total. The van der Waals surface area contributed by atoms with E-state index in [1.54, 1.807) is 31.3 Å². The second-order valence-electron chi connectivity index (χ2n) is 9.59. The molecule has 1 heterocycles. The SMILES string of the molecule is CCOCCOc1cc(C)c(-c2cccc(COc3ccc(B4O/C(O)=C\N(C)/C=C(/O)O4)cc3)c2C)c(C)c1. The Bertz CT molecular complexity index is 1330. The van der Waals surface area contributed by atoms with Crippen LogP contribution < -0.4 is 14.9 Å².